The van der Waals surface area contributed by atoms with Crippen LogP contribution in [0.1, 0.15) is 10.4 Å². The van der Waals surface area contributed by atoms with Gasteiger partial charge < -0.3 is 5.11 Å². The number of halogens is 4. The maximum absolute atomic E-state index is 12.9. The number of benzene rings is 1. The lowest BCUT2D eigenvalue weighted by molar-refractivity contribution is -0.0429. The summed E-state index contributed by atoms with van der Waals surface area (Å²) < 4.78 is 71.5. The van der Waals surface area contributed by atoms with Crippen LogP contribution in [0.2, 0.25) is 0 Å². The van der Waals surface area contributed by atoms with E-state index in [2.05, 4.69) is 0 Å². The molecular weight excluding hydrogens is 282 g/mol. The Morgan fingerprint density at radius 2 is 1.83 bits per heavy atom. The number of nitrogens with one attached hydrogen (secondary N) is 1. The Labute approximate surface area is 98.1 Å². The van der Waals surface area contributed by atoms with Crippen LogP contribution in [0.3, 0.4) is 0 Å². The Morgan fingerprint density at radius 1 is 1.28 bits per heavy atom. The van der Waals surface area contributed by atoms with Crippen molar-refractivity contribution in [2.24, 2.45) is 0 Å². The first kappa shape index (κ1) is 14.2. The van der Waals surface area contributed by atoms with Crippen molar-refractivity contribution in [1.29, 1.82) is 0 Å². The maximum Gasteiger partial charge on any atom is 0.516 e. The summed E-state index contributed by atoms with van der Waals surface area (Å²) in [6.07, 6.45) is 0. The van der Waals surface area contributed by atoms with Crippen molar-refractivity contribution in [3.05, 3.63) is 29.6 Å². The van der Waals surface area contributed by atoms with Gasteiger partial charge in [-0.25, -0.2) is 9.18 Å². The Bertz CT molecular complexity index is 581. The molecule has 0 amide bonds. The van der Waals surface area contributed by atoms with Gasteiger partial charge in [-0.1, -0.05) is 0 Å². The fourth-order valence-electron chi connectivity index (χ4n) is 0.966. The Morgan fingerprint density at radius 3 is 2.28 bits per heavy atom. The second kappa shape index (κ2) is 4.44. The van der Waals surface area contributed by atoms with Gasteiger partial charge in [0.15, 0.2) is 0 Å². The third kappa shape index (κ3) is 2.88. The molecule has 1 aromatic rings. The third-order valence-corrected chi connectivity index (χ3v) is 2.87. The van der Waals surface area contributed by atoms with Crippen LogP contribution in [0.25, 0.3) is 0 Å². The van der Waals surface area contributed by atoms with Crippen LogP contribution in [0.4, 0.5) is 23.2 Å². The van der Waals surface area contributed by atoms with Crippen molar-refractivity contribution < 1.29 is 35.9 Å². The zero-order valence-electron chi connectivity index (χ0n) is 8.32. The van der Waals surface area contributed by atoms with Gasteiger partial charge in [0.1, 0.15) is 5.82 Å². The zero-order chi connectivity index (χ0) is 14.1. The van der Waals surface area contributed by atoms with E-state index in [0.717, 1.165) is 4.72 Å². The molecular formula is C8H5F4NO4S. The molecule has 1 rings (SSSR count). The number of carboxylic acid groups (broad SMARTS) is 1. The van der Waals surface area contributed by atoms with Gasteiger partial charge in [0.2, 0.25) is 0 Å². The number of hydrogen-bond donors (Lipinski definition) is 2. The molecule has 0 saturated carbocycles. The molecule has 0 radical (unpaired) electrons. The highest BCUT2D eigenvalue weighted by molar-refractivity contribution is 7.93. The monoisotopic (exact) mass is 287 g/mol. The maximum atomic E-state index is 12.9. The van der Waals surface area contributed by atoms with Gasteiger partial charge >= 0.3 is 21.5 Å². The highest BCUT2D eigenvalue weighted by Crippen LogP contribution is 2.26. The molecule has 2 N–H and O–H groups in total. The van der Waals surface area contributed by atoms with E-state index in [9.17, 15) is 30.8 Å². The average molecular weight is 287 g/mol. The van der Waals surface area contributed by atoms with Crippen molar-refractivity contribution in [2.75, 3.05) is 4.72 Å². The lowest BCUT2D eigenvalue weighted by Crippen LogP contribution is -2.30. The van der Waals surface area contributed by atoms with E-state index in [-0.39, 0.29) is 0 Å². The van der Waals surface area contributed by atoms with Gasteiger partial charge in [-0.15, -0.1) is 0 Å². The predicted octanol–water partition coefficient (Wildman–Crippen LogP) is 1.79. The molecule has 10 heteroatoms. The molecule has 0 aliphatic heterocycles. The molecule has 0 saturated heterocycles. The van der Waals surface area contributed by atoms with Crippen molar-refractivity contribution in [3.8, 4) is 0 Å². The Kier molecular flexibility index (Phi) is 3.51. The number of carboxylic acids is 1. The first-order valence-electron chi connectivity index (χ1n) is 4.16. The number of sulfonamides is 1. The summed E-state index contributed by atoms with van der Waals surface area (Å²) >= 11 is 0. The number of aromatic carboxylic acids is 1. The van der Waals surface area contributed by atoms with Crippen molar-refractivity contribution in [3.63, 3.8) is 0 Å². The van der Waals surface area contributed by atoms with Crippen molar-refractivity contribution in [1.82, 2.24) is 0 Å². The zero-order valence-corrected chi connectivity index (χ0v) is 9.14. The van der Waals surface area contributed by atoms with Gasteiger partial charge in [0.25, 0.3) is 0 Å². The van der Waals surface area contributed by atoms with Crippen molar-refractivity contribution in [2.45, 2.75) is 5.51 Å². The van der Waals surface area contributed by atoms with E-state index >= 15 is 0 Å². The number of rotatable bonds is 3. The molecule has 0 bridgehead atoms. The quantitative estimate of drug-likeness (QED) is 0.830. The molecule has 0 atom stereocenters. The van der Waals surface area contributed by atoms with E-state index in [1.165, 1.54) is 0 Å². The molecule has 0 fully saturated rings. The predicted molar refractivity (Wildman–Crippen MR) is 52.0 cm³/mol. The smallest absolute Gasteiger partial charge is 0.478 e. The van der Waals surface area contributed by atoms with Crippen molar-refractivity contribution >= 4 is 21.7 Å². The molecule has 0 spiro atoms. The molecule has 1 aromatic carbocycles. The topological polar surface area (TPSA) is 83.5 Å². The van der Waals surface area contributed by atoms with Gasteiger partial charge in [-0.3, -0.25) is 4.72 Å². The van der Waals surface area contributed by atoms with Crippen LogP contribution in [-0.2, 0) is 10.0 Å². The summed E-state index contributed by atoms with van der Waals surface area (Å²) in [4.78, 5) is 10.5. The van der Waals surface area contributed by atoms with E-state index in [1.54, 1.807) is 0 Å². The van der Waals surface area contributed by atoms with E-state index in [1.807, 2.05) is 0 Å². The molecule has 0 aromatic heterocycles. The first-order valence-corrected chi connectivity index (χ1v) is 5.65. The third-order valence-electron chi connectivity index (χ3n) is 1.75. The average Bonchev–Trinajstić information content (AvgIpc) is 2.18. The van der Waals surface area contributed by atoms with Gasteiger partial charge in [-0.2, -0.15) is 21.6 Å². The molecule has 0 unspecified atom stereocenters. The Hall–Kier alpha value is -1.84. The molecule has 18 heavy (non-hydrogen) atoms. The minimum Gasteiger partial charge on any atom is -0.478 e. The lowest BCUT2D eigenvalue weighted by atomic mass is 10.2. The Balaban J connectivity index is 3.15. The standard InChI is InChI=1S/C8H5F4NO4S/c9-6-2-1-4(3-5(6)7(14)15)13-18(16,17)8(10,11)12/h1-3,13H,(H,14,15). The summed E-state index contributed by atoms with van der Waals surface area (Å²) in [5.41, 5.74) is -7.20. The summed E-state index contributed by atoms with van der Waals surface area (Å²) in [5, 5.41) is 8.51. The minimum absolute atomic E-state index is 0.445. The molecule has 0 heterocycles. The highest BCUT2D eigenvalue weighted by Gasteiger charge is 2.46. The molecule has 5 nitrogen and oxygen atoms in total. The number of alkyl halides is 3. The van der Waals surface area contributed by atoms with Crippen LogP contribution < -0.4 is 4.72 Å². The summed E-state index contributed by atoms with van der Waals surface area (Å²) in [7, 11) is -5.67. The number of anilines is 1. The van der Waals surface area contributed by atoms with E-state index < -0.39 is 38.6 Å². The molecule has 0 aliphatic carbocycles. The van der Waals surface area contributed by atoms with Gasteiger partial charge in [-0.05, 0) is 18.2 Å². The number of carbonyl (C=O) groups is 1. The fourth-order valence-corrected chi connectivity index (χ4v) is 1.52. The summed E-state index contributed by atoms with van der Waals surface area (Å²) in [6.45, 7) is 0. The minimum atomic E-state index is -5.67. The summed E-state index contributed by atoms with van der Waals surface area (Å²) in [5.74, 6) is -2.93. The number of hydrogen-bond acceptors (Lipinski definition) is 3. The van der Waals surface area contributed by atoms with E-state index in [4.69, 9.17) is 5.11 Å². The van der Waals surface area contributed by atoms with E-state index in [0.29, 0.717) is 18.2 Å². The first-order chi connectivity index (χ1) is 8.04. The molecule has 0 aliphatic rings. The lowest BCUT2D eigenvalue weighted by Gasteiger charge is -2.11. The molecule has 100 valence electrons. The second-order valence-corrected chi connectivity index (χ2v) is 4.72. The van der Waals surface area contributed by atoms with Crippen LogP contribution in [0, 0.1) is 5.82 Å². The van der Waals surface area contributed by atoms with Crippen LogP contribution >= 0.6 is 0 Å². The van der Waals surface area contributed by atoms with Crippen LogP contribution in [0.15, 0.2) is 18.2 Å². The fraction of sp³-hybridized carbons (Fsp3) is 0.125. The van der Waals surface area contributed by atoms with Crippen LogP contribution in [-0.4, -0.2) is 25.0 Å². The second-order valence-electron chi connectivity index (χ2n) is 3.05. The van der Waals surface area contributed by atoms with Gasteiger partial charge in [0.05, 0.1) is 5.56 Å². The SMILES string of the molecule is O=C(O)c1cc(NS(=O)(=O)C(F)(F)F)ccc1F. The highest BCUT2D eigenvalue weighted by atomic mass is 32.2. The summed E-state index contributed by atoms with van der Waals surface area (Å²) in [6, 6.07) is 1.66. The van der Waals surface area contributed by atoms with Gasteiger partial charge in [0, 0.05) is 5.69 Å². The van der Waals surface area contributed by atoms with Crippen LogP contribution in [0.5, 0.6) is 0 Å². The largest absolute Gasteiger partial charge is 0.516 e. The normalized spacial score (nSPS) is 12.2.